The van der Waals surface area contributed by atoms with Gasteiger partial charge in [-0.2, -0.15) is 0 Å². The minimum Gasteiger partial charge on any atom is -0.493 e. The fourth-order valence-corrected chi connectivity index (χ4v) is 2.63. The highest BCUT2D eigenvalue weighted by molar-refractivity contribution is 5.98. The summed E-state index contributed by atoms with van der Waals surface area (Å²) in [6, 6.07) is 7.43. The molecule has 116 valence electrons. The van der Waals surface area contributed by atoms with Gasteiger partial charge in [-0.05, 0) is 49.9 Å². The number of aromatic nitrogens is 3. The summed E-state index contributed by atoms with van der Waals surface area (Å²) in [7, 11) is 0. The molecule has 0 aliphatic heterocycles. The summed E-state index contributed by atoms with van der Waals surface area (Å²) < 4.78 is 5.99. The molecule has 0 amide bonds. The van der Waals surface area contributed by atoms with Crippen molar-refractivity contribution < 1.29 is 9.53 Å². The minimum absolute atomic E-state index is 0.0248. The minimum atomic E-state index is 0.0248. The van der Waals surface area contributed by atoms with Gasteiger partial charge in [0.25, 0.3) is 0 Å². The summed E-state index contributed by atoms with van der Waals surface area (Å²) in [6.45, 7) is 2.28. The first-order chi connectivity index (χ1) is 11.2. The molecule has 1 saturated carbocycles. The lowest BCUT2D eigenvalue weighted by molar-refractivity contribution is 0.101. The maximum Gasteiger partial charge on any atom is 0.159 e. The average Bonchev–Trinajstić information content (AvgIpc) is 3.26. The number of aromatic amines is 1. The Balaban J connectivity index is 1.84. The molecular formula is C18H17N3O2. The third-order valence-corrected chi connectivity index (χ3v) is 4.16. The van der Waals surface area contributed by atoms with Crippen molar-refractivity contribution in [3.63, 3.8) is 0 Å². The van der Waals surface area contributed by atoms with E-state index in [1.165, 1.54) is 19.2 Å². The van der Waals surface area contributed by atoms with E-state index in [1.54, 1.807) is 13.0 Å². The van der Waals surface area contributed by atoms with E-state index in [9.17, 15) is 4.79 Å². The Morgan fingerprint density at radius 3 is 2.96 bits per heavy atom. The van der Waals surface area contributed by atoms with Crippen LogP contribution in [0.3, 0.4) is 0 Å². The molecule has 0 radical (unpaired) electrons. The highest BCUT2D eigenvalue weighted by atomic mass is 16.5. The second kappa shape index (κ2) is 5.50. The topological polar surface area (TPSA) is 67.9 Å². The monoisotopic (exact) mass is 307 g/mol. The van der Waals surface area contributed by atoms with Crippen LogP contribution in [0.4, 0.5) is 0 Å². The number of rotatable bonds is 5. The van der Waals surface area contributed by atoms with Crippen LogP contribution in [0.2, 0.25) is 0 Å². The van der Waals surface area contributed by atoms with E-state index < -0.39 is 0 Å². The zero-order valence-electron chi connectivity index (χ0n) is 12.9. The van der Waals surface area contributed by atoms with Crippen molar-refractivity contribution in [2.45, 2.75) is 19.8 Å². The van der Waals surface area contributed by atoms with Gasteiger partial charge in [-0.1, -0.05) is 0 Å². The molecule has 0 unspecified atom stereocenters. The maximum absolute atomic E-state index is 11.7. The zero-order chi connectivity index (χ0) is 15.8. The molecule has 0 bridgehead atoms. The van der Waals surface area contributed by atoms with Gasteiger partial charge in [0.05, 0.1) is 17.6 Å². The molecule has 1 fully saturated rings. The third kappa shape index (κ3) is 2.70. The molecule has 1 N–H and O–H groups in total. The molecule has 1 aromatic carbocycles. The van der Waals surface area contributed by atoms with Crippen molar-refractivity contribution in [3.05, 3.63) is 42.4 Å². The first-order valence-corrected chi connectivity index (χ1v) is 7.78. The number of hydrogen-bond donors (Lipinski definition) is 1. The molecule has 5 nitrogen and oxygen atoms in total. The number of benzene rings is 1. The Morgan fingerprint density at radius 2 is 2.17 bits per heavy atom. The van der Waals surface area contributed by atoms with Crippen molar-refractivity contribution in [3.8, 4) is 17.0 Å². The van der Waals surface area contributed by atoms with Gasteiger partial charge in [-0.15, -0.1) is 0 Å². The van der Waals surface area contributed by atoms with Crippen LogP contribution in [-0.2, 0) is 0 Å². The van der Waals surface area contributed by atoms with E-state index in [2.05, 4.69) is 15.0 Å². The predicted molar refractivity (Wildman–Crippen MR) is 87.5 cm³/mol. The number of ether oxygens (including phenoxy) is 1. The predicted octanol–water partition coefficient (Wildman–Crippen LogP) is 3.62. The molecule has 1 aliphatic carbocycles. The van der Waals surface area contributed by atoms with Crippen molar-refractivity contribution in [1.82, 2.24) is 15.0 Å². The lowest BCUT2D eigenvalue weighted by atomic mass is 10.0. The van der Waals surface area contributed by atoms with Gasteiger partial charge in [0.15, 0.2) is 5.78 Å². The number of carbonyl (C=O) groups excluding carboxylic acids is 1. The normalized spacial score (nSPS) is 14.1. The SMILES string of the molecule is CC(=O)c1ccc(OCC2CC2)c(-c2ncnc3cc[nH]c23)c1. The number of fused-ring (bicyclic) bond motifs is 1. The van der Waals surface area contributed by atoms with Crippen LogP contribution in [0, 0.1) is 5.92 Å². The van der Waals surface area contributed by atoms with Gasteiger partial charge >= 0.3 is 0 Å². The van der Waals surface area contributed by atoms with E-state index in [0.29, 0.717) is 18.1 Å². The Bertz CT molecular complexity index is 881. The van der Waals surface area contributed by atoms with E-state index in [4.69, 9.17) is 4.74 Å². The van der Waals surface area contributed by atoms with Crippen LogP contribution in [0.15, 0.2) is 36.8 Å². The maximum atomic E-state index is 11.7. The summed E-state index contributed by atoms with van der Waals surface area (Å²) >= 11 is 0. The Hall–Kier alpha value is -2.69. The van der Waals surface area contributed by atoms with Gasteiger partial charge in [0, 0.05) is 17.3 Å². The molecule has 2 heterocycles. The lowest BCUT2D eigenvalue weighted by Crippen LogP contribution is -2.03. The largest absolute Gasteiger partial charge is 0.493 e. The molecule has 2 aromatic heterocycles. The average molecular weight is 307 g/mol. The summed E-state index contributed by atoms with van der Waals surface area (Å²) in [5.74, 6) is 1.44. The number of nitrogens with zero attached hydrogens (tertiary/aromatic N) is 2. The smallest absolute Gasteiger partial charge is 0.159 e. The molecule has 1 aliphatic rings. The zero-order valence-corrected chi connectivity index (χ0v) is 12.9. The molecule has 4 rings (SSSR count). The molecular weight excluding hydrogens is 290 g/mol. The van der Waals surface area contributed by atoms with E-state index >= 15 is 0 Å². The van der Waals surface area contributed by atoms with Crippen LogP contribution >= 0.6 is 0 Å². The fraction of sp³-hybridized carbons (Fsp3) is 0.278. The quantitative estimate of drug-likeness (QED) is 0.731. The van der Waals surface area contributed by atoms with Crippen molar-refractivity contribution in [2.24, 2.45) is 5.92 Å². The molecule has 0 atom stereocenters. The molecule has 0 spiro atoms. The van der Waals surface area contributed by atoms with Gasteiger partial charge in [-0.3, -0.25) is 4.79 Å². The highest BCUT2D eigenvalue weighted by Crippen LogP contribution is 2.35. The van der Waals surface area contributed by atoms with Gasteiger partial charge < -0.3 is 9.72 Å². The number of Topliss-reactive ketones (excluding diaryl/α,β-unsaturated/α-hetero) is 1. The lowest BCUT2D eigenvalue weighted by Gasteiger charge is -2.12. The molecule has 23 heavy (non-hydrogen) atoms. The van der Waals surface area contributed by atoms with Crippen LogP contribution in [-0.4, -0.2) is 27.3 Å². The van der Waals surface area contributed by atoms with E-state index in [1.807, 2.05) is 24.4 Å². The first kappa shape index (κ1) is 13.9. The Labute approximate surface area is 133 Å². The standard InChI is InChI=1S/C18H17N3O2/c1-11(22)13-4-5-16(23-9-12-2-3-12)14(8-13)17-18-15(6-7-19-18)20-10-21-17/h4-8,10,12,19H,2-3,9H2,1H3. The van der Waals surface area contributed by atoms with Gasteiger partial charge in [-0.25, -0.2) is 9.97 Å². The number of H-pyrrole nitrogens is 1. The van der Waals surface area contributed by atoms with Crippen molar-refractivity contribution in [2.75, 3.05) is 6.61 Å². The summed E-state index contributed by atoms with van der Waals surface area (Å²) in [5, 5.41) is 0. The summed E-state index contributed by atoms with van der Waals surface area (Å²) in [6.07, 6.45) is 5.84. The van der Waals surface area contributed by atoms with Crippen molar-refractivity contribution >= 4 is 16.8 Å². The summed E-state index contributed by atoms with van der Waals surface area (Å²) in [4.78, 5) is 23.6. The van der Waals surface area contributed by atoms with E-state index in [-0.39, 0.29) is 5.78 Å². The van der Waals surface area contributed by atoms with Crippen LogP contribution in [0.1, 0.15) is 30.1 Å². The number of hydrogen-bond acceptors (Lipinski definition) is 4. The first-order valence-electron chi connectivity index (χ1n) is 7.78. The molecule has 3 aromatic rings. The molecule has 5 heteroatoms. The fourth-order valence-electron chi connectivity index (χ4n) is 2.63. The number of carbonyl (C=O) groups is 1. The van der Waals surface area contributed by atoms with E-state index in [0.717, 1.165) is 28.0 Å². The van der Waals surface area contributed by atoms with Gasteiger partial charge in [0.2, 0.25) is 0 Å². The number of nitrogens with one attached hydrogen (secondary N) is 1. The molecule has 0 saturated heterocycles. The van der Waals surface area contributed by atoms with Crippen molar-refractivity contribution in [1.29, 1.82) is 0 Å². The van der Waals surface area contributed by atoms with Crippen LogP contribution < -0.4 is 4.74 Å². The highest BCUT2D eigenvalue weighted by Gasteiger charge is 2.23. The summed E-state index contributed by atoms with van der Waals surface area (Å²) in [5.41, 5.74) is 3.93. The Kier molecular flexibility index (Phi) is 3.33. The second-order valence-corrected chi connectivity index (χ2v) is 5.98. The van der Waals surface area contributed by atoms with Crippen LogP contribution in [0.25, 0.3) is 22.3 Å². The van der Waals surface area contributed by atoms with Gasteiger partial charge in [0.1, 0.15) is 17.8 Å². The van der Waals surface area contributed by atoms with Crippen LogP contribution in [0.5, 0.6) is 5.75 Å². The second-order valence-electron chi connectivity index (χ2n) is 5.98. The Morgan fingerprint density at radius 1 is 1.30 bits per heavy atom. The third-order valence-electron chi connectivity index (χ3n) is 4.16. The number of ketones is 1.